The molecule has 1 aromatic heterocycles. The fourth-order valence-corrected chi connectivity index (χ4v) is 2.96. The second-order valence-corrected chi connectivity index (χ2v) is 6.17. The van der Waals surface area contributed by atoms with E-state index in [1.165, 1.54) is 4.90 Å². The molecule has 0 spiro atoms. The second-order valence-electron chi connectivity index (χ2n) is 6.17. The van der Waals surface area contributed by atoms with Crippen LogP contribution in [0.15, 0.2) is 30.3 Å². The van der Waals surface area contributed by atoms with Crippen molar-refractivity contribution >= 4 is 11.9 Å². The number of likely N-dealkylation sites (tertiary alicyclic amines) is 1. The van der Waals surface area contributed by atoms with Gasteiger partial charge in [-0.15, -0.1) is 0 Å². The normalized spacial score (nSPS) is 20.7. The van der Waals surface area contributed by atoms with Crippen LogP contribution in [0.1, 0.15) is 35.8 Å². The van der Waals surface area contributed by atoms with Crippen molar-refractivity contribution in [1.82, 2.24) is 15.1 Å². The van der Waals surface area contributed by atoms with Crippen molar-refractivity contribution in [2.24, 2.45) is 0 Å². The largest absolute Gasteiger partial charge is 0.480 e. The van der Waals surface area contributed by atoms with Crippen LogP contribution >= 0.6 is 0 Å². The zero-order valence-corrected chi connectivity index (χ0v) is 13.2. The Balaban J connectivity index is 1.87. The zero-order valence-electron chi connectivity index (χ0n) is 13.2. The minimum absolute atomic E-state index is 0.315. The monoisotopic (exact) mass is 313 g/mol. The lowest BCUT2D eigenvalue weighted by molar-refractivity contribution is -0.147. The Kier molecular flexibility index (Phi) is 3.67. The van der Waals surface area contributed by atoms with Crippen molar-refractivity contribution in [1.29, 1.82) is 0 Å². The molecule has 1 amide bonds. The number of carbonyl (C=O) groups excluding carboxylic acids is 1. The molecule has 1 atom stereocenters. The van der Waals surface area contributed by atoms with Crippen molar-refractivity contribution in [3.63, 3.8) is 0 Å². The van der Waals surface area contributed by atoms with Gasteiger partial charge in [0.2, 0.25) is 0 Å². The summed E-state index contributed by atoms with van der Waals surface area (Å²) < 4.78 is 0. The summed E-state index contributed by atoms with van der Waals surface area (Å²) >= 11 is 0. The van der Waals surface area contributed by atoms with Crippen molar-refractivity contribution in [3.05, 3.63) is 41.6 Å². The third-order valence-electron chi connectivity index (χ3n) is 4.50. The van der Waals surface area contributed by atoms with Gasteiger partial charge < -0.3 is 10.0 Å². The van der Waals surface area contributed by atoms with E-state index < -0.39 is 11.5 Å². The van der Waals surface area contributed by atoms with Crippen LogP contribution in [0.4, 0.5) is 0 Å². The lowest BCUT2D eigenvalue weighted by Gasteiger charge is -2.30. The highest BCUT2D eigenvalue weighted by Gasteiger charge is 2.46. The van der Waals surface area contributed by atoms with E-state index in [0.717, 1.165) is 11.1 Å². The van der Waals surface area contributed by atoms with Gasteiger partial charge in [-0.25, -0.2) is 4.79 Å². The molecule has 1 aliphatic rings. The number of aromatic amines is 1. The Morgan fingerprint density at radius 3 is 2.65 bits per heavy atom. The number of H-pyrrole nitrogens is 1. The minimum Gasteiger partial charge on any atom is -0.480 e. The molecule has 3 rings (SSSR count). The van der Waals surface area contributed by atoms with Crippen LogP contribution in [0.2, 0.25) is 0 Å². The number of rotatable bonds is 3. The molecule has 6 nitrogen and oxygen atoms in total. The highest BCUT2D eigenvalue weighted by molar-refractivity contribution is 5.97. The number of hydrogen-bond acceptors (Lipinski definition) is 3. The van der Waals surface area contributed by atoms with E-state index in [1.807, 2.05) is 31.2 Å². The van der Waals surface area contributed by atoms with Crippen LogP contribution in [0.3, 0.4) is 0 Å². The van der Waals surface area contributed by atoms with E-state index in [-0.39, 0.29) is 5.91 Å². The molecule has 1 saturated heterocycles. The molecule has 1 aliphatic heterocycles. The molecule has 23 heavy (non-hydrogen) atoms. The number of aliphatic carboxylic acids is 1. The number of carbonyl (C=O) groups is 2. The molecule has 1 aromatic carbocycles. The fourth-order valence-electron chi connectivity index (χ4n) is 2.96. The first-order chi connectivity index (χ1) is 10.9. The van der Waals surface area contributed by atoms with E-state index in [2.05, 4.69) is 10.2 Å². The van der Waals surface area contributed by atoms with Gasteiger partial charge in [-0.3, -0.25) is 9.89 Å². The summed E-state index contributed by atoms with van der Waals surface area (Å²) in [7, 11) is 0. The van der Waals surface area contributed by atoms with E-state index >= 15 is 0 Å². The molecule has 0 radical (unpaired) electrons. The SMILES string of the molecule is Cc1ccc(-c2cc(C(=O)N3CCCC3(C)C(=O)O)[nH]n2)cc1. The van der Waals surface area contributed by atoms with Crippen LogP contribution in [0, 0.1) is 6.92 Å². The molecule has 2 N–H and O–H groups in total. The number of nitrogens with zero attached hydrogens (tertiary/aromatic N) is 2. The zero-order chi connectivity index (χ0) is 16.6. The van der Waals surface area contributed by atoms with Gasteiger partial charge in [-0.05, 0) is 32.8 Å². The maximum atomic E-state index is 12.7. The van der Waals surface area contributed by atoms with Crippen molar-refractivity contribution in [3.8, 4) is 11.3 Å². The highest BCUT2D eigenvalue weighted by Crippen LogP contribution is 2.31. The molecular formula is C17H19N3O3. The fraction of sp³-hybridized carbons (Fsp3) is 0.353. The predicted octanol–water partition coefficient (Wildman–Crippen LogP) is 2.46. The van der Waals surface area contributed by atoms with Crippen LogP contribution in [-0.2, 0) is 4.79 Å². The first kappa shape index (κ1) is 15.3. The summed E-state index contributed by atoms with van der Waals surface area (Å²) in [6.45, 7) is 4.04. The standard InChI is InChI=1S/C17H19N3O3/c1-11-4-6-12(7-5-11)13-10-14(19-18-13)15(21)20-9-3-8-17(20,2)16(22)23/h4-7,10H,3,8-9H2,1-2H3,(H,18,19)(H,22,23). The van der Waals surface area contributed by atoms with Crippen LogP contribution in [0.25, 0.3) is 11.3 Å². The maximum Gasteiger partial charge on any atom is 0.329 e. The number of carboxylic acid groups (broad SMARTS) is 1. The van der Waals surface area contributed by atoms with Gasteiger partial charge in [0, 0.05) is 12.1 Å². The van der Waals surface area contributed by atoms with Gasteiger partial charge in [-0.1, -0.05) is 29.8 Å². The molecule has 120 valence electrons. The highest BCUT2D eigenvalue weighted by atomic mass is 16.4. The van der Waals surface area contributed by atoms with Gasteiger partial charge >= 0.3 is 5.97 Å². The smallest absolute Gasteiger partial charge is 0.329 e. The molecule has 0 saturated carbocycles. The Labute approximate surface area is 134 Å². The maximum absolute atomic E-state index is 12.7. The third-order valence-corrected chi connectivity index (χ3v) is 4.50. The molecular weight excluding hydrogens is 294 g/mol. The van der Waals surface area contributed by atoms with Crippen LogP contribution < -0.4 is 0 Å². The first-order valence-electron chi connectivity index (χ1n) is 7.59. The number of nitrogens with one attached hydrogen (secondary N) is 1. The number of aromatic nitrogens is 2. The van der Waals surface area contributed by atoms with E-state index in [9.17, 15) is 14.7 Å². The lowest BCUT2D eigenvalue weighted by Crippen LogP contribution is -2.50. The van der Waals surface area contributed by atoms with Gasteiger partial charge in [-0.2, -0.15) is 5.10 Å². The van der Waals surface area contributed by atoms with Gasteiger partial charge in [0.05, 0.1) is 5.69 Å². The number of benzene rings is 1. The predicted molar refractivity (Wildman–Crippen MR) is 85.1 cm³/mol. The summed E-state index contributed by atoms with van der Waals surface area (Å²) in [5.74, 6) is -1.29. The van der Waals surface area contributed by atoms with E-state index in [1.54, 1.807) is 13.0 Å². The Bertz CT molecular complexity index is 751. The summed E-state index contributed by atoms with van der Waals surface area (Å²) in [6, 6.07) is 9.52. The molecule has 0 aliphatic carbocycles. The molecule has 0 bridgehead atoms. The Morgan fingerprint density at radius 1 is 1.30 bits per heavy atom. The molecule has 2 aromatic rings. The molecule has 6 heteroatoms. The Morgan fingerprint density at radius 2 is 2.00 bits per heavy atom. The van der Waals surface area contributed by atoms with Crippen molar-refractivity contribution in [2.45, 2.75) is 32.2 Å². The topological polar surface area (TPSA) is 86.3 Å². The average molecular weight is 313 g/mol. The quantitative estimate of drug-likeness (QED) is 0.911. The second kappa shape index (κ2) is 5.53. The molecule has 1 unspecified atom stereocenters. The van der Waals surface area contributed by atoms with Gasteiger partial charge in [0.1, 0.15) is 11.2 Å². The summed E-state index contributed by atoms with van der Waals surface area (Å²) in [5, 5.41) is 16.3. The third kappa shape index (κ3) is 2.60. The summed E-state index contributed by atoms with van der Waals surface area (Å²) in [6.07, 6.45) is 1.15. The minimum atomic E-state index is -1.15. The number of amides is 1. The first-order valence-corrected chi connectivity index (χ1v) is 7.59. The summed E-state index contributed by atoms with van der Waals surface area (Å²) in [5.41, 5.74) is 1.90. The molecule has 1 fully saturated rings. The number of carboxylic acids is 1. The Hall–Kier alpha value is -2.63. The average Bonchev–Trinajstić information content (AvgIpc) is 3.15. The lowest BCUT2D eigenvalue weighted by atomic mass is 9.99. The number of hydrogen-bond donors (Lipinski definition) is 2. The number of aryl methyl sites for hydroxylation is 1. The van der Waals surface area contributed by atoms with Crippen molar-refractivity contribution < 1.29 is 14.7 Å². The van der Waals surface area contributed by atoms with Gasteiger partial charge in [0.15, 0.2) is 0 Å². The van der Waals surface area contributed by atoms with Crippen LogP contribution in [-0.4, -0.2) is 44.2 Å². The van der Waals surface area contributed by atoms with E-state index in [4.69, 9.17) is 0 Å². The van der Waals surface area contributed by atoms with Gasteiger partial charge in [0.25, 0.3) is 5.91 Å². The van der Waals surface area contributed by atoms with Crippen molar-refractivity contribution in [2.75, 3.05) is 6.54 Å². The summed E-state index contributed by atoms with van der Waals surface area (Å²) in [4.78, 5) is 25.6. The van der Waals surface area contributed by atoms with E-state index in [0.29, 0.717) is 30.8 Å². The molecule has 2 heterocycles. The van der Waals surface area contributed by atoms with Crippen LogP contribution in [0.5, 0.6) is 0 Å².